The average Bonchev–Trinajstić information content (AvgIpc) is 2.86. The summed E-state index contributed by atoms with van der Waals surface area (Å²) >= 11 is 5.74. The zero-order valence-corrected chi connectivity index (χ0v) is 10.2. The van der Waals surface area contributed by atoms with Crippen LogP contribution in [0.15, 0.2) is 11.2 Å². The van der Waals surface area contributed by atoms with Crippen molar-refractivity contribution in [3.05, 3.63) is 17.0 Å². The van der Waals surface area contributed by atoms with Crippen molar-refractivity contribution in [2.24, 2.45) is 7.05 Å². The molecule has 0 aromatic carbocycles. The summed E-state index contributed by atoms with van der Waals surface area (Å²) in [4.78, 5) is 0. The van der Waals surface area contributed by atoms with Crippen molar-refractivity contribution in [1.82, 2.24) is 35.1 Å². The van der Waals surface area contributed by atoms with Gasteiger partial charge in [0.2, 0.25) is 0 Å². The molecule has 0 spiro atoms. The van der Waals surface area contributed by atoms with Gasteiger partial charge in [0.15, 0.2) is 10.9 Å². The Morgan fingerprint density at radius 1 is 1.59 bits per heavy atom. The largest absolute Gasteiger partial charge is 0.259 e. The van der Waals surface area contributed by atoms with Gasteiger partial charge in [-0.05, 0) is 0 Å². The van der Waals surface area contributed by atoms with Crippen LogP contribution in [0.3, 0.4) is 0 Å². The summed E-state index contributed by atoms with van der Waals surface area (Å²) in [6.07, 6.45) is 1.25. The standard InChI is InChI=1S/C6H8ClN7O2S/c1-14-6(4(7)2-8-14)17(15,16)9-3-5-10-12-13-11-5/h2,9H,3H2,1H3,(H,10,11,12,13). The number of nitrogens with one attached hydrogen (secondary N) is 2. The quantitative estimate of drug-likeness (QED) is 0.745. The van der Waals surface area contributed by atoms with Crippen LogP contribution in [0.4, 0.5) is 0 Å². The van der Waals surface area contributed by atoms with Crippen LogP contribution in [0.2, 0.25) is 5.02 Å². The molecule has 0 amide bonds. The van der Waals surface area contributed by atoms with Crippen LogP contribution in [0.5, 0.6) is 0 Å². The average molecular weight is 278 g/mol. The molecule has 2 rings (SSSR count). The summed E-state index contributed by atoms with van der Waals surface area (Å²) < 4.78 is 27.2. The van der Waals surface area contributed by atoms with Crippen LogP contribution >= 0.6 is 11.6 Å². The summed E-state index contributed by atoms with van der Waals surface area (Å²) in [6.45, 7) is -0.0830. The molecule has 0 bridgehead atoms. The zero-order chi connectivity index (χ0) is 12.5. The number of hydrogen-bond acceptors (Lipinski definition) is 6. The fourth-order valence-corrected chi connectivity index (χ4v) is 2.82. The second-order valence-electron chi connectivity index (χ2n) is 3.07. The monoisotopic (exact) mass is 277 g/mol. The molecular weight excluding hydrogens is 270 g/mol. The first-order valence-electron chi connectivity index (χ1n) is 4.40. The van der Waals surface area contributed by atoms with Gasteiger partial charge in [-0.15, -0.1) is 10.2 Å². The highest BCUT2D eigenvalue weighted by molar-refractivity contribution is 7.89. The summed E-state index contributed by atoms with van der Waals surface area (Å²) in [5.41, 5.74) is 0. The molecule has 92 valence electrons. The van der Waals surface area contributed by atoms with Crippen LogP contribution in [0.1, 0.15) is 5.82 Å². The van der Waals surface area contributed by atoms with Crippen molar-refractivity contribution >= 4 is 21.6 Å². The van der Waals surface area contributed by atoms with E-state index in [2.05, 4.69) is 30.4 Å². The van der Waals surface area contributed by atoms with Crippen LogP contribution in [-0.2, 0) is 23.6 Å². The summed E-state index contributed by atoms with van der Waals surface area (Å²) in [5.74, 6) is 0.229. The summed E-state index contributed by atoms with van der Waals surface area (Å²) in [5, 5.41) is 16.4. The van der Waals surface area contributed by atoms with Gasteiger partial charge in [-0.25, -0.2) is 13.1 Å². The lowest BCUT2D eigenvalue weighted by Crippen LogP contribution is -2.26. The highest BCUT2D eigenvalue weighted by atomic mass is 35.5. The van der Waals surface area contributed by atoms with E-state index in [0.717, 1.165) is 0 Å². The fraction of sp³-hybridized carbons (Fsp3) is 0.333. The zero-order valence-electron chi connectivity index (χ0n) is 8.62. The smallest absolute Gasteiger partial charge is 0.255 e. The molecule has 17 heavy (non-hydrogen) atoms. The first kappa shape index (κ1) is 12.0. The van der Waals surface area contributed by atoms with Crippen molar-refractivity contribution in [3.8, 4) is 0 Å². The van der Waals surface area contributed by atoms with Gasteiger partial charge in [-0.1, -0.05) is 16.8 Å². The predicted octanol–water partition coefficient (Wildman–Crippen LogP) is -0.935. The minimum Gasteiger partial charge on any atom is -0.255 e. The number of H-pyrrole nitrogens is 1. The van der Waals surface area contributed by atoms with Gasteiger partial charge in [-0.3, -0.25) is 4.68 Å². The van der Waals surface area contributed by atoms with E-state index in [1.165, 1.54) is 17.9 Å². The lowest BCUT2D eigenvalue weighted by molar-refractivity contribution is 0.561. The minimum atomic E-state index is -3.76. The molecule has 0 unspecified atom stereocenters. The van der Waals surface area contributed by atoms with Crippen LogP contribution in [0.25, 0.3) is 0 Å². The molecule has 0 aliphatic carbocycles. The number of tetrazole rings is 1. The highest BCUT2D eigenvalue weighted by Crippen LogP contribution is 2.19. The van der Waals surface area contributed by atoms with E-state index in [0.29, 0.717) is 0 Å². The van der Waals surface area contributed by atoms with Crippen molar-refractivity contribution in [2.75, 3.05) is 0 Å². The Hall–Kier alpha value is -1.52. The second-order valence-corrected chi connectivity index (χ2v) is 5.16. The third-order valence-electron chi connectivity index (χ3n) is 1.91. The van der Waals surface area contributed by atoms with Gasteiger partial charge >= 0.3 is 0 Å². The van der Waals surface area contributed by atoms with Gasteiger partial charge in [0.05, 0.1) is 17.8 Å². The number of halogens is 1. The molecule has 9 nitrogen and oxygen atoms in total. The van der Waals surface area contributed by atoms with E-state index in [1.807, 2.05) is 0 Å². The van der Waals surface area contributed by atoms with Crippen molar-refractivity contribution in [1.29, 1.82) is 0 Å². The van der Waals surface area contributed by atoms with E-state index >= 15 is 0 Å². The molecule has 2 aromatic rings. The van der Waals surface area contributed by atoms with E-state index in [4.69, 9.17) is 11.6 Å². The first-order valence-corrected chi connectivity index (χ1v) is 6.26. The first-order chi connectivity index (χ1) is 8.00. The minimum absolute atomic E-state index is 0.0492. The molecule has 0 radical (unpaired) electrons. The molecule has 11 heteroatoms. The molecule has 2 aromatic heterocycles. The topological polar surface area (TPSA) is 118 Å². The Balaban J connectivity index is 2.20. The Kier molecular flexibility index (Phi) is 3.09. The van der Waals surface area contributed by atoms with Crippen LogP contribution in [0, 0.1) is 0 Å². The van der Waals surface area contributed by atoms with Gasteiger partial charge < -0.3 is 0 Å². The maximum absolute atomic E-state index is 11.9. The Bertz CT molecular complexity index is 585. The van der Waals surface area contributed by atoms with Crippen molar-refractivity contribution < 1.29 is 8.42 Å². The molecule has 0 saturated heterocycles. The van der Waals surface area contributed by atoms with Gasteiger partial charge in [0.1, 0.15) is 0 Å². The lowest BCUT2D eigenvalue weighted by Gasteiger charge is -2.05. The highest BCUT2D eigenvalue weighted by Gasteiger charge is 2.22. The number of aromatic nitrogens is 6. The van der Waals surface area contributed by atoms with Gasteiger partial charge in [0.25, 0.3) is 10.0 Å². The van der Waals surface area contributed by atoms with Crippen LogP contribution < -0.4 is 4.72 Å². The summed E-state index contributed by atoms with van der Waals surface area (Å²) in [6, 6.07) is 0. The predicted molar refractivity (Wildman–Crippen MR) is 56.4 cm³/mol. The Labute approximate surface area is 101 Å². The SMILES string of the molecule is Cn1ncc(Cl)c1S(=O)(=O)NCc1nn[nH]n1. The number of aryl methyl sites for hydroxylation is 1. The number of hydrogen-bond donors (Lipinski definition) is 2. The number of nitrogens with zero attached hydrogens (tertiary/aromatic N) is 5. The number of aromatic amines is 1. The number of sulfonamides is 1. The molecular formula is C6H8ClN7O2S. The Morgan fingerprint density at radius 3 is 2.88 bits per heavy atom. The molecule has 0 atom stereocenters. The normalized spacial score (nSPS) is 11.9. The summed E-state index contributed by atoms with van der Waals surface area (Å²) in [7, 11) is -2.28. The van der Waals surface area contributed by atoms with Crippen molar-refractivity contribution in [2.45, 2.75) is 11.6 Å². The molecule has 0 saturated carbocycles. The maximum Gasteiger partial charge on any atom is 0.259 e. The van der Waals surface area contributed by atoms with Crippen LogP contribution in [-0.4, -0.2) is 38.8 Å². The fourth-order valence-electron chi connectivity index (χ4n) is 1.19. The van der Waals surface area contributed by atoms with E-state index in [9.17, 15) is 8.42 Å². The van der Waals surface area contributed by atoms with E-state index in [-0.39, 0.29) is 22.4 Å². The maximum atomic E-state index is 11.9. The van der Waals surface area contributed by atoms with Gasteiger partial charge in [0, 0.05) is 7.05 Å². The molecule has 0 aliphatic rings. The molecule has 2 N–H and O–H groups in total. The van der Waals surface area contributed by atoms with E-state index < -0.39 is 10.0 Å². The molecule has 0 fully saturated rings. The van der Waals surface area contributed by atoms with Gasteiger partial charge in [-0.2, -0.15) is 10.3 Å². The third-order valence-corrected chi connectivity index (χ3v) is 3.81. The van der Waals surface area contributed by atoms with Crippen molar-refractivity contribution in [3.63, 3.8) is 0 Å². The Morgan fingerprint density at radius 2 is 2.35 bits per heavy atom. The molecule has 2 heterocycles. The lowest BCUT2D eigenvalue weighted by atomic mass is 10.7. The second kappa shape index (κ2) is 4.39. The third kappa shape index (κ3) is 2.43. The van der Waals surface area contributed by atoms with E-state index in [1.54, 1.807) is 0 Å². The molecule has 0 aliphatic heterocycles. The number of rotatable bonds is 4.